The highest BCUT2D eigenvalue weighted by Crippen LogP contribution is 2.29. The van der Waals surface area contributed by atoms with E-state index in [1.165, 1.54) is 4.31 Å². The van der Waals surface area contributed by atoms with Crippen LogP contribution in [0.5, 0.6) is 0 Å². The highest BCUT2D eigenvalue weighted by atomic mass is 35.5. The summed E-state index contributed by atoms with van der Waals surface area (Å²) in [7, 11) is -3.45. The molecular formula is C15H15Cl3N2O2S2. The molecule has 0 radical (unpaired) electrons. The molecule has 1 saturated heterocycles. The van der Waals surface area contributed by atoms with Gasteiger partial charge in [-0.25, -0.2) is 8.42 Å². The summed E-state index contributed by atoms with van der Waals surface area (Å²) in [5.41, 5.74) is 0.988. The fourth-order valence-electron chi connectivity index (χ4n) is 2.58. The van der Waals surface area contributed by atoms with Gasteiger partial charge in [-0.2, -0.15) is 4.31 Å². The number of sulfonamides is 1. The first-order chi connectivity index (χ1) is 11.4. The molecule has 1 aromatic heterocycles. The lowest BCUT2D eigenvalue weighted by molar-refractivity contribution is 0.182. The van der Waals surface area contributed by atoms with Crippen LogP contribution in [0.2, 0.25) is 14.4 Å². The standard InChI is InChI=1S/C15H15Cl3N2O2S2/c16-12-2-1-11(13(17)9-12)10-19-5-7-20(8-6-19)24(21,22)15-4-3-14(18)23-15/h1-4,9H,5-8,10H2. The number of nitrogens with zero attached hydrogens (tertiary/aromatic N) is 2. The van der Waals surface area contributed by atoms with Crippen molar-refractivity contribution in [2.24, 2.45) is 0 Å². The van der Waals surface area contributed by atoms with Crippen LogP contribution in [0.25, 0.3) is 0 Å². The quantitative estimate of drug-likeness (QED) is 0.736. The summed E-state index contributed by atoms with van der Waals surface area (Å²) < 4.78 is 27.4. The Morgan fingerprint density at radius 3 is 2.29 bits per heavy atom. The highest BCUT2D eigenvalue weighted by Gasteiger charge is 2.29. The maximum atomic E-state index is 12.6. The minimum atomic E-state index is -3.45. The minimum absolute atomic E-state index is 0.293. The summed E-state index contributed by atoms with van der Waals surface area (Å²) in [5, 5.41) is 1.24. The van der Waals surface area contributed by atoms with Crippen LogP contribution < -0.4 is 0 Å². The maximum absolute atomic E-state index is 12.6. The summed E-state index contributed by atoms with van der Waals surface area (Å²) in [6.07, 6.45) is 0. The Hall–Kier alpha value is -0.340. The molecule has 0 unspecified atom stereocenters. The first-order valence-corrected chi connectivity index (χ1v) is 10.7. The summed E-state index contributed by atoms with van der Waals surface area (Å²) in [5.74, 6) is 0. The molecule has 0 amide bonds. The molecule has 2 aromatic rings. The lowest BCUT2D eigenvalue weighted by Crippen LogP contribution is -2.48. The van der Waals surface area contributed by atoms with Gasteiger partial charge in [-0.1, -0.05) is 40.9 Å². The molecule has 130 valence electrons. The second kappa shape index (κ2) is 7.50. The Balaban J connectivity index is 1.63. The van der Waals surface area contributed by atoms with Crippen LogP contribution >= 0.6 is 46.1 Å². The van der Waals surface area contributed by atoms with Crippen molar-refractivity contribution in [3.8, 4) is 0 Å². The predicted molar refractivity (Wildman–Crippen MR) is 99.8 cm³/mol. The molecule has 0 N–H and O–H groups in total. The summed E-state index contributed by atoms with van der Waals surface area (Å²) in [6.45, 7) is 2.87. The molecule has 0 saturated carbocycles. The number of hydrogen-bond donors (Lipinski definition) is 0. The predicted octanol–water partition coefficient (Wildman–Crippen LogP) is 4.21. The molecular weight excluding hydrogens is 411 g/mol. The molecule has 9 heteroatoms. The number of benzene rings is 1. The zero-order chi connectivity index (χ0) is 17.3. The zero-order valence-corrected chi connectivity index (χ0v) is 16.5. The van der Waals surface area contributed by atoms with E-state index in [-0.39, 0.29) is 0 Å². The van der Waals surface area contributed by atoms with Crippen molar-refractivity contribution in [3.63, 3.8) is 0 Å². The summed E-state index contributed by atoms with van der Waals surface area (Å²) in [4.78, 5) is 2.18. The van der Waals surface area contributed by atoms with Gasteiger partial charge in [0.2, 0.25) is 0 Å². The molecule has 0 aliphatic carbocycles. The maximum Gasteiger partial charge on any atom is 0.252 e. The van der Waals surface area contributed by atoms with Crippen LogP contribution in [-0.2, 0) is 16.6 Å². The second-order valence-electron chi connectivity index (χ2n) is 5.47. The van der Waals surface area contributed by atoms with E-state index < -0.39 is 10.0 Å². The SMILES string of the molecule is O=S(=O)(c1ccc(Cl)s1)N1CCN(Cc2ccc(Cl)cc2Cl)CC1. The van der Waals surface area contributed by atoms with Gasteiger partial charge in [0, 0.05) is 42.8 Å². The van der Waals surface area contributed by atoms with Gasteiger partial charge in [0.25, 0.3) is 10.0 Å². The molecule has 1 aliphatic rings. The third-order valence-corrected chi connectivity index (χ3v) is 8.07. The number of halogens is 3. The molecule has 0 bridgehead atoms. The topological polar surface area (TPSA) is 40.6 Å². The molecule has 4 nitrogen and oxygen atoms in total. The van der Waals surface area contributed by atoms with Crippen LogP contribution in [0.3, 0.4) is 0 Å². The first kappa shape index (κ1) is 18.5. The molecule has 1 fully saturated rings. The van der Waals surface area contributed by atoms with Gasteiger partial charge < -0.3 is 0 Å². The molecule has 1 aliphatic heterocycles. The Morgan fingerprint density at radius 1 is 1.00 bits per heavy atom. The number of piperazine rings is 1. The van der Waals surface area contributed by atoms with Crippen molar-refractivity contribution in [2.45, 2.75) is 10.8 Å². The van der Waals surface area contributed by atoms with Gasteiger partial charge in [0.05, 0.1) is 4.34 Å². The van der Waals surface area contributed by atoms with Crippen LogP contribution in [0.15, 0.2) is 34.5 Å². The highest BCUT2D eigenvalue weighted by molar-refractivity contribution is 7.91. The van der Waals surface area contributed by atoms with E-state index in [0.29, 0.717) is 51.3 Å². The molecule has 1 aromatic carbocycles. The van der Waals surface area contributed by atoms with Crippen LogP contribution in [-0.4, -0.2) is 43.8 Å². The van der Waals surface area contributed by atoms with Crippen LogP contribution in [0, 0.1) is 0 Å². The van der Waals surface area contributed by atoms with E-state index >= 15 is 0 Å². The van der Waals surface area contributed by atoms with Gasteiger partial charge in [-0.15, -0.1) is 11.3 Å². The van der Waals surface area contributed by atoms with Gasteiger partial charge in [-0.05, 0) is 29.8 Å². The van der Waals surface area contributed by atoms with E-state index in [9.17, 15) is 8.42 Å². The first-order valence-electron chi connectivity index (χ1n) is 7.28. The Kier molecular flexibility index (Phi) is 5.76. The van der Waals surface area contributed by atoms with E-state index in [1.807, 2.05) is 12.1 Å². The van der Waals surface area contributed by atoms with Crippen molar-refractivity contribution in [2.75, 3.05) is 26.2 Å². The Bertz CT molecular complexity index is 831. The van der Waals surface area contributed by atoms with Gasteiger partial charge in [0.15, 0.2) is 0 Å². The third-order valence-electron chi connectivity index (χ3n) is 3.88. The van der Waals surface area contributed by atoms with E-state index in [1.54, 1.807) is 18.2 Å². The molecule has 0 atom stereocenters. The monoisotopic (exact) mass is 424 g/mol. The van der Waals surface area contributed by atoms with E-state index in [4.69, 9.17) is 34.8 Å². The molecule has 3 rings (SSSR count). The van der Waals surface area contributed by atoms with Crippen molar-refractivity contribution in [1.29, 1.82) is 0 Å². The van der Waals surface area contributed by atoms with E-state index in [2.05, 4.69) is 4.90 Å². The lowest BCUT2D eigenvalue weighted by atomic mass is 10.2. The minimum Gasteiger partial charge on any atom is -0.296 e. The number of rotatable bonds is 4. The van der Waals surface area contributed by atoms with Gasteiger partial charge >= 0.3 is 0 Å². The second-order valence-corrected chi connectivity index (χ2v) is 10.2. The molecule has 2 heterocycles. The zero-order valence-electron chi connectivity index (χ0n) is 12.6. The lowest BCUT2D eigenvalue weighted by Gasteiger charge is -2.33. The van der Waals surface area contributed by atoms with E-state index in [0.717, 1.165) is 16.9 Å². The molecule has 24 heavy (non-hydrogen) atoms. The smallest absolute Gasteiger partial charge is 0.252 e. The summed E-state index contributed by atoms with van der Waals surface area (Å²) >= 11 is 19.1. The largest absolute Gasteiger partial charge is 0.296 e. The Morgan fingerprint density at radius 2 is 1.71 bits per heavy atom. The van der Waals surface area contributed by atoms with Crippen molar-refractivity contribution in [1.82, 2.24) is 9.21 Å². The summed E-state index contributed by atoms with van der Waals surface area (Å²) in [6, 6.07) is 8.60. The Labute approximate surface area is 160 Å². The number of hydrogen-bond acceptors (Lipinski definition) is 4. The molecule has 0 spiro atoms. The fraction of sp³-hybridized carbons (Fsp3) is 0.333. The van der Waals surface area contributed by atoms with Crippen LogP contribution in [0.1, 0.15) is 5.56 Å². The third kappa shape index (κ3) is 4.07. The van der Waals surface area contributed by atoms with Gasteiger partial charge in [-0.3, -0.25) is 4.90 Å². The van der Waals surface area contributed by atoms with Crippen molar-refractivity contribution >= 4 is 56.2 Å². The van der Waals surface area contributed by atoms with Crippen LogP contribution in [0.4, 0.5) is 0 Å². The normalized spacial score (nSPS) is 17.3. The van der Waals surface area contributed by atoms with Crippen molar-refractivity contribution in [3.05, 3.63) is 50.3 Å². The number of thiophene rings is 1. The fourth-order valence-corrected chi connectivity index (χ4v) is 6.11. The average Bonchev–Trinajstić information content (AvgIpc) is 2.98. The average molecular weight is 426 g/mol. The van der Waals surface area contributed by atoms with Crippen molar-refractivity contribution < 1.29 is 8.42 Å². The van der Waals surface area contributed by atoms with Gasteiger partial charge in [0.1, 0.15) is 4.21 Å².